The summed E-state index contributed by atoms with van der Waals surface area (Å²) < 4.78 is 33.8. The van der Waals surface area contributed by atoms with Crippen LogP contribution in [0.1, 0.15) is 27.0 Å². The minimum Gasteiger partial charge on any atom is -0.497 e. The molecule has 8 heteroatoms. The highest BCUT2D eigenvalue weighted by atomic mass is 35.5. The summed E-state index contributed by atoms with van der Waals surface area (Å²) in [6, 6.07) is 27.9. The highest BCUT2D eigenvalue weighted by molar-refractivity contribution is 7.89. The molecule has 0 unspecified atom stereocenters. The first-order valence-electron chi connectivity index (χ1n) is 11.6. The largest absolute Gasteiger partial charge is 0.497 e. The molecule has 4 aromatic carbocycles. The van der Waals surface area contributed by atoms with Crippen molar-refractivity contribution in [3.63, 3.8) is 0 Å². The predicted octanol–water partition coefficient (Wildman–Crippen LogP) is 6.30. The number of hydrogen-bond acceptors (Lipinski definition) is 4. The summed E-state index contributed by atoms with van der Waals surface area (Å²) in [6.07, 6.45) is 0. The standard InChI is InChI=1S/C29H27ClN2O4S/c1-21-5-3-4-6-28(21)29(33)31-25-13-7-22(8-14-25)19-32(20-23-9-15-26(36-2)16-10-23)37(34,35)27-17-11-24(30)12-18-27/h3-18H,19-20H2,1-2H3,(H,31,33). The van der Waals surface area contributed by atoms with E-state index in [1.807, 2.05) is 49.4 Å². The molecule has 0 aromatic heterocycles. The van der Waals surface area contributed by atoms with E-state index in [4.69, 9.17) is 16.3 Å². The molecular formula is C29H27ClN2O4S. The van der Waals surface area contributed by atoms with E-state index in [1.165, 1.54) is 16.4 Å². The summed E-state index contributed by atoms with van der Waals surface area (Å²) in [5, 5.41) is 3.36. The third kappa shape index (κ3) is 6.57. The number of halogens is 1. The number of sulfonamides is 1. The summed E-state index contributed by atoms with van der Waals surface area (Å²) >= 11 is 5.98. The highest BCUT2D eigenvalue weighted by Crippen LogP contribution is 2.24. The van der Waals surface area contributed by atoms with Gasteiger partial charge in [0.1, 0.15) is 5.75 Å². The Morgan fingerprint density at radius 3 is 1.97 bits per heavy atom. The van der Waals surface area contributed by atoms with Crippen LogP contribution in [0.4, 0.5) is 5.69 Å². The number of ether oxygens (including phenoxy) is 1. The van der Waals surface area contributed by atoms with Gasteiger partial charge in [0, 0.05) is 29.4 Å². The Kier molecular flexibility index (Phi) is 8.28. The molecule has 0 radical (unpaired) electrons. The maximum Gasteiger partial charge on any atom is 0.255 e. The second-order valence-electron chi connectivity index (χ2n) is 8.54. The molecule has 190 valence electrons. The Morgan fingerprint density at radius 1 is 0.838 bits per heavy atom. The van der Waals surface area contributed by atoms with Crippen LogP contribution in [0.5, 0.6) is 5.75 Å². The lowest BCUT2D eigenvalue weighted by Crippen LogP contribution is -2.30. The number of anilines is 1. The molecule has 0 aliphatic heterocycles. The molecule has 6 nitrogen and oxygen atoms in total. The van der Waals surface area contributed by atoms with E-state index in [9.17, 15) is 13.2 Å². The topological polar surface area (TPSA) is 75.7 Å². The number of methoxy groups -OCH3 is 1. The Morgan fingerprint density at radius 2 is 1.41 bits per heavy atom. The zero-order valence-corrected chi connectivity index (χ0v) is 22.1. The van der Waals surface area contributed by atoms with Crippen molar-refractivity contribution < 1.29 is 17.9 Å². The van der Waals surface area contributed by atoms with E-state index in [2.05, 4.69) is 5.32 Å². The molecule has 0 saturated carbocycles. The van der Waals surface area contributed by atoms with E-state index < -0.39 is 10.0 Å². The Labute approximate surface area is 222 Å². The fourth-order valence-electron chi connectivity index (χ4n) is 3.84. The van der Waals surface area contributed by atoms with Crippen molar-refractivity contribution in [1.29, 1.82) is 0 Å². The first kappa shape index (κ1) is 26.4. The van der Waals surface area contributed by atoms with E-state index in [0.29, 0.717) is 22.0 Å². The summed E-state index contributed by atoms with van der Waals surface area (Å²) in [4.78, 5) is 12.8. The Hall–Kier alpha value is -3.65. The Balaban J connectivity index is 1.56. The van der Waals surface area contributed by atoms with Gasteiger partial charge in [-0.2, -0.15) is 4.31 Å². The van der Waals surface area contributed by atoms with Gasteiger partial charge in [-0.25, -0.2) is 8.42 Å². The number of aryl methyl sites for hydroxylation is 1. The van der Waals surface area contributed by atoms with Gasteiger partial charge in [-0.1, -0.05) is 54.1 Å². The molecule has 0 spiro atoms. The quantitative estimate of drug-likeness (QED) is 0.273. The fourth-order valence-corrected chi connectivity index (χ4v) is 5.38. The summed E-state index contributed by atoms with van der Waals surface area (Å²) in [5.74, 6) is 0.497. The lowest BCUT2D eigenvalue weighted by molar-refractivity contribution is 0.102. The number of benzene rings is 4. The lowest BCUT2D eigenvalue weighted by atomic mass is 10.1. The van der Waals surface area contributed by atoms with E-state index in [0.717, 1.165) is 16.7 Å². The average Bonchev–Trinajstić information content (AvgIpc) is 2.90. The van der Waals surface area contributed by atoms with Crippen molar-refractivity contribution in [2.24, 2.45) is 0 Å². The molecule has 1 N–H and O–H groups in total. The van der Waals surface area contributed by atoms with Crippen LogP contribution in [0.15, 0.2) is 102 Å². The third-order valence-electron chi connectivity index (χ3n) is 5.93. The maximum atomic E-state index is 13.6. The van der Waals surface area contributed by atoms with Gasteiger partial charge in [-0.15, -0.1) is 0 Å². The van der Waals surface area contributed by atoms with Crippen LogP contribution < -0.4 is 10.1 Å². The van der Waals surface area contributed by atoms with Gasteiger partial charge < -0.3 is 10.1 Å². The first-order chi connectivity index (χ1) is 17.8. The van der Waals surface area contributed by atoms with Gasteiger partial charge in [0.2, 0.25) is 10.0 Å². The Bertz CT molecular complexity index is 1470. The molecule has 0 atom stereocenters. The van der Waals surface area contributed by atoms with Crippen LogP contribution in [0.3, 0.4) is 0 Å². The number of carbonyl (C=O) groups excluding carboxylic acids is 1. The molecule has 4 aromatic rings. The van der Waals surface area contributed by atoms with Gasteiger partial charge in [-0.3, -0.25) is 4.79 Å². The molecule has 1 amide bonds. The molecule has 0 bridgehead atoms. The average molecular weight is 535 g/mol. The van der Waals surface area contributed by atoms with E-state index in [1.54, 1.807) is 49.6 Å². The van der Waals surface area contributed by atoms with Crippen LogP contribution in [-0.4, -0.2) is 25.7 Å². The number of hydrogen-bond donors (Lipinski definition) is 1. The van der Waals surface area contributed by atoms with E-state index >= 15 is 0 Å². The SMILES string of the molecule is COc1ccc(CN(Cc2ccc(NC(=O)c3ccccc3C)cc2)S(=O)(=O)c2ccc(Cl)cc2)cc1. The zero-order chi connectivity index (χ0) is 26.4. The van der Waals surface area contributed by atoms with Gasteiger partial charge in [0.05, 0.1) is 12.0 Å². The zero-order valence-electron chi connectivity index (χ0n) is 20.5. The first-order valence-corrected chi connectivity index (χ1v) is 13.4. The van der Waals surface area contributed by atoms with E-state index in [-0.39, 0.29) is 23.9 Å². The van der Waals surface area contributed by atoms with Gasteiger partial charge >= 0.3 is 0 Å². The fraction of sp³-hybridized carbons (Fsp3) is 0.138. The molecule has 0 heterocycles. The normalized spacial score (nSPS) is 11.4. The van der Waals surface area contributed by atoms with Crippen LogP contribution in [0.25, 0.3) is 0 Å². The van der Waals surface area contributed by atoms with Crippen LogP contribution in [0.2, 0.25) is 5.02 Å². The van der Waals surface area contributed by atoms with Crippen LogP contribution in [-0.2, 0) is 23.1 Å². The molecule has 0 aliphatic rings. The molecular weight excluding hydrogens is 508 g/mol. The summed E-state index contributed by atoms with van der Waals surface area (Å²) in [6.45, 7) is 2.19. The monoisotopic (exact) mass is 534 g/mol. The second-order valence-corrected chi connectivity index (χ2v) is 10.9. The number of carbonyl (C=O) groups is 1. The number of nitrogens with one attached hydrogen (secondary N) is 1. The smallest absolute Gasteiger partial charge is 0.255 e. The van der Waals surface area contributed by atoms with Crippen LogP contribution in [0, 0.1) is 6.92 Å². The minimum absolute atomic E-state index is 0.142. The molecule has 37 heavy (non-hydrogen) atoms. The second kappa shape index (κ2) is 11.6. The van der Waals surface area contributed by atoms with Crippen molar-refractivity contribution >= 4 is 33.2 Å². The van der Waals surface area contributed by atoms with Crippen molar-refractivity contribution in [1.82, 2.24) is 4.31 Å². The highest BCUT2D eigenvalue weighted by Gasteiger charge is 2.25. The third-order valence-corrected chi connectivity index (χ3v) is 7.99. The molecule has 4 rings (SSSR count). The molecule has 0 fully saturated rings. The van der Waals surface area contributed by atoms with Crippen molar-refractivity contribution in [2.45, 2.75) is 24.9 Å². The summed E-state index contributed by atoms with van der Waals surface area (Å²) in [7, 11) is -2.24. The van der Waals surface area contributed by atoms with Crippen LogP contribution >= 0.6 is 11.6 Å². The number of amides is 1. The molecule has 0 saturated heterocycles. The maximum absolute atomic E-state index is 13.6. The summed E-state index contributed by atoms with van der Waals surface area (Å²) in [5.41, 5.74) is 3.71. The predicted molar refractivity (Wildman–Crippen MR) is 146 cm³/mol. The molecule has 0 aliphatic carbocycles. The minimum atomic E-state index is -3.83. The van der Waals surface area contributed by atoms with Gasteiger partial charge in [0.15, 0.2) is 0 Å². The number of nitrogens with zero attached hydrogens (tertiary/aromatic N) is 1. The lowest BCUT2D eigenvalue weighted by Gasteiger charge is -2.23. The van der Waals surface area contributed by atoms with Gasteiger partial charge in [-0.05, 0) is 78.2 Å². The van der Waals surface area contributed by atoms with Crippen molar-refractivity contribution in [3.8, 4) is 5.75 Å². The number of rotatable bonds is 9. The van der Waals surface area contributed by atoms with Crippen molar-refractivity contribution in [3.05, 3.63) is 124 Å². The van der Waals surface area contributed by atoms with Crippen molar-refractivity contribution in [2.75, 3.05) is 12.4 Å². The van der Waals surface area contributed by atoms with Gasteiger partial charge in [0.25, 0.3) is 5.91 Å².